The number of carbonyl (C=O) groups is 1. The average molecular weight is 419 g/mol. The van der Waals surface area contributed by atoms with Crippen LogP contribution >= 0.6 is 0 Å². The summed E-state index contributed by atoms with van der Waals surface area (Å²) in [5, 5.41) is 15.5. The monoisotopic (exact) mass is 418 g/mol. The topological polar surface area (TPSA) is 68.6 Å². The third-order valence-electron chi connectivity index (χ3n) is 6.56. The predicted octanol–water partition coefficient (Wildman–Crippen LogP) is 1.41. The van der Waals surface area contributed by atoms with Crippen LogP contribution in [0.4, 0.5) is 4.39 Å². The zero-order valence-corrected chi connectivity index (χ0v) is 17.6. The fourth-order valence-electron chi connectivity index (χ4n) is 4.83. The highest BCUT2D eigenvalue weighted by molar-refractivity contribution is 5.79. The van der Waals surface area contributed by atoms with Crippen LogP contribution in [-0.2, 0) is 21.7 Å². The van der Waals surface area contributed by atoms with Gasteiger partial charge in [0, 0.05) is 59.0 Å². The third-order valence-corrected chi connectivity index (χ3v) is 6.56. The number of halogens is 1. The Balaban J connectivity index is 1.41. The molecule has 1 spiro atoms. The van der Waals surface area contributed by atoms with Crippen LogP contribution in [0, 0.1) is 11.7 Å². The minimum absolute atomic E-state index is 0.0379. The van der Waals surface area contributed by atoms with Crippen LogP contribution in [-0.4, -0.2) is 85.0 Å². The lowest BCUT2D eigenvalue weighted by Crippen LogP contribution is -2.49. The second kappa shape index (κ2) is 8.99. The molecule has 0 saturated carbocycles. The summed E-state index contributed by atoms with van der Waals surface area (Å²) in [6, 6.07) is 4.95. The number of aliphatic hydroxyl groups is 1. The van der Waals surface area contributed by atoms with Gasteiger partial charge in [0.2, 0.25) is 5.91 Å². The van der Waals surface area contributed by atoms with Crippen molar-refractivity contribution in [1.82, 2.24) is 14.8 Å². The van der Waals surface area contributed by atoms with Gasteiger partial charge in [0.1, 0.15) is 5.82 Å². The predicted molar refractivity (Wildman–Crippen MR) is 111 cm³/mol. The van der Waals surface area contributed by atoms with Crippen LogP contribution in [0.15, 0.2) is 23.3 Å². The number of rotatable bonds is 7. The van der Waals surface area contributed by atoms with E-state index in [-0.39, 0.29) is 24.2 Å². The molecule has 1 fully saturated rings. The van der Waals surface area contributed by atoms with Crippen LogP contribution in [0.2, 0.25) is 0 Å². The smallest absolute Gasteiger partial charge is 0.228 e. The molecule has 1 saturated heterocycles. The first kappa shape index (κ1) is 21.2. The first-order valence-corrected chi connectivity index (χ1v) is 10.8. The Kier molecular flexibility index (Phi) is 6.36. The van der Waals surface area contributed by atoms with Gasteiger partial charge in [-0.2, -0.15) is 5.10 Å². The lowest BCUT2D eigenvalue weighted by molar-refractivity contribution is -0.136. The maximum atomic E-state index is 13.8. The fraction of sp³-hybridized carbons (Fsp3) is 0.636. The quantitative estimate of drug-likeness (QED) is 0.725. The Morgan fingerprint density at radius 3 is 2.83 bits per heavy atom. The van der Waals surface area contributed by atoms with E-state index in [0.29, 0.717) is 26.2 Å². The molecule has 1 aromatic rings. The van der Waals surface area contributed by atoms with E-state index in [9.17, 15) is 14.3 Å². The molecule has 3 heterocycles. The maximum absolute atomic E-state index is 13.8. The van der Waals surface area contributed by atoms with E-state index in [1.165, 1.54) is 6.07 Å². The highest BCUT2D eigenvalue weighted by Gasteiger charge is 2.43. The molecule has 30 heavy (non-hydrogen) atoms. The van der Waals surface area contributed by atoms with Gasteiger partial charge in [-0.15, -0.1) is 0 Å². The number of aliphatic hydroxyl groups excluding tert-OH is 1. The molecule has 3 aliphatic rings. The molecule has 1 N–H and O–H groups in total. The van der Waals surface area contributed by atoms with Crippen LogP contribution < -0.4 is 0 Å². The molecule has 3 aliphatic heterocycles. The standard InChI is InChI=1S/C22H31FN4O3/c1-25(11-12-28)21(29)18(15-27-8-2-7-24-27)14-26-9-5-22(6-10-26)20-13-19(23)4-3-17(20)16-30-22/h3-4,7,13,18,28H,2,5-6,8-12,14-16H2,1H3. The van der Waals surface area contributed by atoms with Gasteiger partial charge in [0.05, 0.1) is 24.7 Å². The number of carbonyl (C=O) groups excluding carboxylic acids is 1. The first-order chi connectivity index (χ1) is 14.5. The van der Waals surface area contributed by atoms with Gasteiger partial charge in [0.15, 0.2) is 0 Å². The van der Waals surface area contributed by atoms with Gasteiger partial charge in [-0.25, -0.2) is 4.39 Å². The summed E-state index contributed by atoms with van der Waals surface area (Å²) in [4.78, 5) is 16.9. The number of likely N-dealkylation sites (N-methyl/N-ethyl adjacent to an activating group) is 1. The summed E-state index contributed by atoms with van der Waals surface area (Å²) < 4.78 is 20.0. The number of likely N-dealkylation sites (tertiary alicyclic amines) is 1. The van der Waals surface area contributed by atoms with Crippen molar-refractivity contribution >= 4 is 12.1 Å². The second-order valence-corrected chi connectivity index (χ2v) is 8.56. The summed E-state index contributed by atoms with van der Waals surface area (Å²) >= 11 is 0. The Morgan fingerprint density at radius 1 is 1.33 bits per heavy atom. The van der Waals surface area contributed by atoms with E-state index in [4.69, 9.17) is 4.74 Å². The highest BCUT2D eigenvalue weighted by atomic mass is 19.1. The van der Waals surface area contributed by atoms with E-state index < -0.39 is 5.60 Å². The fourth-order valence-corrected chi connectivity index (χ4v) is 4.83. The van der Waals surface area contributed by atoms with E-state index in [1.807, 2.05) is 17.3 Å². The van der Waals surface area contributed by atoms with Crippen LogP contribution in [0.25, 0.3) is 0 Å². The van der Waals surface area contributed by atoms with Crippen molar-refractivity contribution in [3.8, 4) is 0 Å². The number of hydrogen-bond acceptors (Lipinski definition) is 6. The number of benzene rings is 1. The number of nitrogens with zero attached hydrogens (tertiary/aromatic N) is 4. The Labute approximate surface area is 177 Å². The molecule has 1 unspecified atom stereocenters. The lowest BCUT2D eigenvalue weighted by atomic mass is 9.83. The van der Waals surface area contributed by atoms with Crippen molar-refractivity contribution in [3.05, 3.63) is 35.1 Å². The van der Waals surface area contributed by atoms with Gasteiger partial charge in [-0.05, 0) is 36.1 Å². The Bertz CT molecular complexity index is 795. The van der Waals surface area contributed by atoms with Crippen molar-refractivity contribution in [2.45, 2.75) is 31.5 Å². The first-order valence-electron chi connectivity index (χ1n) is 10.8. The molecule has 0 bridgehead atoms. The number of fused-ring (bicyclic) bond motifs is 2. The zero-order valence-electron chi connectivity index (χ0n) is 17.6. The zero-order chi connectivity index (χ0) is 21.1. The molecule has 4 rings (SSSR count). The van der Waals surface area contributed by atoms with E-state index in [2.05, 4.69) is 10.0 Å². The highest BCUT2D eigenvalue weighted by Crippen LogP contribution is 2.44. The number of piperidine rings is 1. The number of hydrazone groups is 1. The van der Waals surface area contributed by atoms with Gasteiger partial charge in [-0.3, -0.25) is 9.80 Å². The van der Waals surface area contributed by atoms with Gasteiger partial charge in [0.25, 0.3) is 0 Å². The summed E-state index contributed by atoms with van der Waals surface area (Å²) in [6.07, 6.45) is 4.38. The maximum Gasteiger partial charge on any atom is 0.228 e. The van der Waals surface area contributed by atoms with Gasteiger partial charge >= 0.3 is 0 Å². The second-order valence-electron chi connectivity index (χ2n) is 8.56. The largest absolute Gasteiger partial charge is 0.395 e. The van der Waals surface area contributed by atoms with Crippen LogP contribution in [0.3, 0.4) is 0 Å². The summed E-state index contributed by atoms with van der Waals surface area (Å²) in [5.41, 5.74) is 1.67. The molecule has 0 aromatic heterocycles. The van der Waals surface area contributed by atoms with Crippen molar-refractivity contribution in [1.29, 1.82) is 0 Å². The van der Waals surface area contributed by atoms with Gasteiger partial charge in [-0.1, -0.05) is 6.07 Å². The minimum atomic E-state index is -0.402. The molecular weight excluding hydrogens is 387 g/mol. The summed E-state index contributed by atoms with van der Waals surface area (Å²) in [7, 11) is 1.74. The third kappa shape index (κ3) is 4.36. The van der Waals surface area contributed by atoms with E-state index in [1.54, 1.807) is 18.0 Å². The molecule has 8 heteroatoms. The normalized spacial score (nSPS) is 21.2. The SMILES string of the molecule is CN(CCO)C(=O)C(CN1CCC2(CC1)OCc1ccc(F)cc12)CN1CCC=N1. The number of hydrogen-bond donors (Lipinski definition) is 1. The summed E-state index contributed by atoms with van der Waals surface area (Å²) in [5.74, 6) is -0.388. The molecule has 0 radical (unpaired) electrons. The summed E-state index contributed by atoms with van der Waals surface area (Å²) in [6.45, 7) is 4.49. The molecule has 1 aromatic carbocycles. The number of ether oxygens (including phenoxy) is 1. The lowest BCUT2D eigenvalue weighted by Gasteiger charge is -2.40. The Hall–Kier alpha value is -2.03. The van der Waals surface area contributed by atoms with E-state index in [0.717, 1.165) is 50.0 Å². The van der Waals surface area contributed by atoms with Crippen LogP contribution in [0.1, 0.15) is 30.4 Å². The Morgan fingerprint density at radius 2 is 2.13 bits per heavy atom. The van der Waals surface area contributed by atoms with Crippen molar-refractivity contribution < 1.29 is 19.0 Å². The molecule has 7 nitrogen and oxygen atoms in total. The van der Waals surface area contributed by atoms with Crippen molar-refractivity contribution in [3.63, 3.8) is 0 Å². The molecule has 164 valence electrons. The average Bonchev–Trinajstić information content (AvgIpc) is 3.37. The molecule has 1 amide bonds. The molecule has 0 aliphatic carbocycles. The van der Waals surface area contributed by atoms with E-state index >= 15 is 0 Å². The molecular formula is C22H31FN4O3. The minimum Gasteiger partial charge on any atom is -0.395 e. The van der Waals surface area contributed by atoms with Gasteiger partial charge < -0.3 is 19.6 Å². The van der Waals surface area contributed by atoms with Crippen LogP contribution in [0.5, 0.6) is 0 Å². The number of amides is 1. The van der Waals surface area contributed by atoms with Crippen molar-refractivity contribution in [2.24, 2.45) is 11.0 Å². The van der Waals surface area contributed by atoms with Crippen molar-refractivity contribution in [2.75, 3.05) is 52.9 Å². The molecule has 1 atom stereocenters.